The van der Waals surface area contributed by atoms with Gasteiger partial charge >= 0.3 is 11.9 Å². The number of fused-ring (bicyclic) bond motifs is 1. The molecule has 0 saturated heterocycles. The Kier molecular flexibility index (Phi) is 5.73. The number of benzene rings is 2. The second-order valence-corrected chi connectivity index (χ2v) is 7.64. The number of oxazole rings is 1. The van der Waals surface area contributed by atoms with E-state index >= 15 is 0 Å². The first-order valence-electron chi connectivity index (χ1n) is 8.93. The number of rotatable bonds is 4. The Morgan fingerprint density at radius 2 is 1.90 bits per heavy atom. The first kappa shape index (κ1) is 20.4. The second kappa shape index (κ2) is 8.44. The van der Waals surface area contributed by atoms with Gasteiger partial charge in [-0.15, -0.1) is 0 Å². The molecule has 1 aliphatic rings. The molecule has 2 aromatic carbocycles. The van der Waals surface area contributed by atoms with Crippen molar-refractivity contribution in [1.29, 1.82) is 0 Å². The van der Waals surface area contributed by atoms with Crippen LogP contribution in [0.25, 0.3) is 22.6 Å². The van der Waals surface area contributed by atoms with Crippen LogP contribution in [0.2, 0.25) is 0 Å². The Morgan fingerprint density at radius 1 is 1.10 bits per heavy atom. The van der Waals surface area contributed by atoms with Gasteiger partial charge in [0, 0.05) is 14.8 Å². The molecular formula is C21H17IN2O6. The fourth-order valence-corrected chi connectivity index (χ4v) is 3.72. The highest BCUT2D eigenvalue weighted by Crippen LogP contribution is 2.31. The maximum absolute atomic E-state index is 12.4. The molecule has 0 saturated carbocycles. The van der Waals surface area contributed by atoms with Crippen LogP contribution in [-0.2, 0) is 23.8 Å². The van der Waals surface area contributed by atoms with E-state index in [9.17, 15) is 9.59 Å². The Labute approximate surface area is 185 Å². The third-order valence-electron chi connectivity index (χ3n) is 4.59. The van der Waals surface area contributed by atoms with E-state index in [4.69, 9.17) is 18.6 Å². The average molecular weight is 520 g/mol. The monoisotopic (exact) mass is 520 g/mol. The predicted molar refractivity (Wildman–Crippen MR) is 117 cm³/mol. The molecule has 0 fully saturated rings. The summed E-state index contributed by atoms with van der Waals surface area (Å²) in [4.78, 5) is 30.7. The van der Waals surface area contributed by atoms with Crippen molar-refractivity contribution in [1.82, 2.24) is 4.98 Å². The van der Waals surface area contributed by atoms with Crippen LogP contribution in [-0.4, -0.2) is 44.5 Å². The molecule has 9 heteroatoms. The van der Waals surface area contributed by atoms with Gasteiger partial charge in [0.1, 0.15) is 17.9 Å². The summed E-state index contributed by atoms with van der Waals surface area (Å²) in [5.74, 6) is -0.809. The van der Waals surface area contributed by atoms with E-state index in [0.717, 1.165) is 9.13 Å². The van der Waals surface area contributed by atoms with Crippen molar-refractivity contribution < 1.29 is 28.2 Å². The minimum atomic E-state index is -0.654. The van der Waals surface area contributed by atoms with E-state index in [0.29, 0.717) is 22.7 Å². The van der Waals surface area contributed by atoms with Crippen LogP contribution in [0.15, 0.2) is 58.2 Å². The van der Waals surface area contributed by atoms with E-state index in [1.807, 2.05) is 24.3 Å². The van der Waals surface area contributed by atoms with Gasteiger partial charge in [-0.2, -0.15) is 0 Å². The maximum Gasteiger partial charge on any atom is 0.355 e. The lowest BCUT2D eigenvalue weighted by Crippen LogP contribution is -2.38. The number of esters is 2. The smallest absolute Gasteiger partial charge is 0.355 e. The molecular weight excluding hydrogens is 503 g/mol. The number of anilines is 1. The van der Waals surface area contributed by atoms with Gasteiger partial charge in [0.2, 0.25) is 5.89 Å². The number of methoxy groups -OCH3 is 2. The number of hydrogen-bond donors (Lipinski definition) is 0. The summed E-state index contributed by atoms with van der Waals surface area (Å²) in [5, 5.41) is 0. The number of aromatic nitrogens is 1. The van der Waals surface area contributed by atoms with Crippen LogP contribution >= 0.6 is 22.6 Å². The third kappa shape index (κ3) is 3.77. The zero-order valence-electron chi connectivity index (χ0n) is 16.2. The maximum atomic E-state index is 12.4. The van der Waals surface area contributed by atoms with Crippen molar-refractivity contribution >= 4 is 51.3 Å². The molecule has 0 amide bonds. The highest BCUT2D eigenvalue weighted by atomic mass is 127. The van der Waals surface area contributed by atoms with Crippen LogP contribution in [0, 0.1) is 3.57 Å². The van der Waals surface area contributed by atoms with Crippen molar-refractivity contribution in [2.45, 2.75) is 0 Å². The fourth-order valence-electron chi connectivity index (χ4n) is 3.18. The average Bonchev–Trinajstić information content (AvgIpc) is 3.21. The predicted octanol–water partition coefficient (Wildman–Crippen LogP) is 3.49. The van der Waals surface area contributed by atoms with Gasteiger partial charge in [-0.3, -0.25) is 0 Å². The molecule has 0 atom stereocenters. The quantitative estimate of drug-likeness (QED) is 0.382. The Bertz CT molecular complexity index is 1170. The zero-order chi connectivity index (χ0) is 21.3. The van der Waals surface area contributed by atoms with Crippen molar-refractivity contribution in [3.63, 3.8) is 0 Å². The van der Waals surface area contributed by atoms with Crippen molar-refractivity contribution in [3.05, 3.63) is 57.3 Å². The largest absolute Gasteiger partial charge is 0.466 e. The van der Waals surface area contributed by atoms with Crippen LogP contribution in [0.3, 0.4) is 0 Å². The molecule has 1 aliphatic heterocycles. The van der Waals surface area contributed by atoms with Crippen LogP contribution in [0.1, 0.15) is 0 Å². The van der Waals surface area contributed by atoms with E-state index in [2.05, 4.69) is 27.6 Å². The molecule has 0 spiro atoms. The number of carbonyl (C=O) groups is 2. The summed E-state index contributed by atoms with van der Waals surface area (Å²) < 4.78 is 22.1. The number of ether oxygens (including phenoxy) is 3. The second-order valence-electron chi connectivity index (χ2n) is 6.40. The van der Waals surface area contributed by atoms with Crippen LogP contribution in [0.5, 0.6) is 0 Å². The first-order chi connectivity index (χ1) is 14.5. The van der Waals surface area contributed by atoms with E-state index in [1.165, 1.54) is 14.2 Å². The number of halogens is 1. The molecule has 30 heavy (non-hydrogen) atoms. The van der Waals surface area contributed by atoms with Crippen molar-refractivity contribution in [2.24, 2.45) is 0 Å². The molecule has 0 radical (unpaired) electrons. The summed E-state index contributed by atoms with van der Waals surface area (Å²) in [6, 6.07) is 13.1. The molecule has 1 aromatic heterocycles. The summed E-state index contributed by atoms with van der Waals surface area (Å²) in [7, 11) is 2.50. The normalized spacial score (nSPS) is 14.2. The highest BCUT2D eigenvalue weighted by Gasteiger charge is 2.32. The van der Waals surface area contributed by atoms with E-state index in [1.54, 1.807) is 23.1 Å². The topological polar surface area (TPSA) is 91.1 Å². The minimum absolute atomic E-state index is 0.0450. The van der Waals surface area contributed by atoms with Gasteiger partial charge in [0.15, 0.2) is 5.58 Å². The lowest BCUT2D eigenvalue weighted by molar-refractivity contribution is -0.140. The van der Waals surface area contributed by atoms with Gasteiger partial charge in [0.05, 0.1) is 26.4 Å². The number of hydrogen-bond acceptors (Lipinski definition) is 8. The van der Waals surface area contributed by atoms with E-state index in [-0.39, 0.29) is 24.6 Å². The number of nitrogens with zero attached hydrogens (tertiary/aromatic N) is 2. The lowest BCUT2D eigenvalue weighted by Gasteiger charge is -2.31. The lowest BCUT2D eigenvalue weighted by atomic mass is 10.1. The molecule has 3 aromatic rings. The molecule has 2 heterocycles. The molecule has 154 valence electrons. The Hall–Kier alpha value is -2.92. The highest BCUT2D eigenvalue weighted by molar-refractivity contribution is 14.1. The molecule has 0 aliphatic carbocycles. The van der Waals surface area contributed by atoms with Crippen molar-refractivity contribution in [3.8, 4) is 11.5 Å². The van der Waals surface area contributed by atoms with Gasteiger partial charge < -0.3 is 23.5 Å². The van der Waals surface area contributed by atoms with Crippen LogP contribution in [0.4, 0.5) is 5.69 Å². The Morgan fingerprint density at radius 3 is 2.63 bits per heavy atom. The third-order valence-corrected chi connectivity index (χ3v) is 5.26. The summed E-state index contributed by atoms with van der Waals surface area (Å²) in [6.07, 6.45) is 0. The standard InChI is InChI=1S/C21H17IN2O6/c1-27-20(25)15-10-29-11-24(18(15)21(26)28-2)14-6-7-17-16(9-14)23-19(30-17)12-4-3-5-13(22)8-12/h3-9H,10-11H2,1-2H3. The molecule has 4 rings (SSSR count). The molecule has 0 N–H and O–H groups in total. The molecule has 0 bridgehead atoms. The van der Waals surface area contributed by atoms with Gasteiger partial charge in [-0.05, 0) is 59.0 Å². The summed E-state index contributed by atoms with van der Waals surface area (Å²) in [5.41, 5.74) is 2.85. The number of carbonyl (C=O) groups excluding carboxylic acids is 2. The van der Waals surface area contributed by atoms with Gasteiger partial charge in [-0.1, -0.05) is 6.07 Å². The van der Waals surface area contributed by atoms with E-state index < -0.39 is 11.9 Å². The summed E-state index contributed by atoms with van der Waals surface area (Å²) >= 11 is 2.23. The van der Waals surface area contributed by atoms with Crippen LogP contribution < -0.4 is 4.90 Å². The van der Waals surface area contributed by atoms with Gasteiger partial charge in [-0.25, -0.2) is 14.6 Å². The Balaban J connectivity index is 1.78. The molecule has 0 unspecified atom stereocenters. The van der Waals surface area contributed by atoms with Gasteiger partial charge in [0.25, 0.3) is 0 Å². The molecule has 8 nitrogen and oxygen atoms in total. The SMILES string of the molecule is COC(=O)C1=C(C(=O)OC)N(c2ccc3oc(-c4cccc(I)c4)nc3c2)COC1. The summed E-state index contributed by atoms with van der Waals surface area (Å²) in [6.45, 7) is 0.0224. The zero-order valence-corrected chi connectivity index (χ0v) is 18.3. The fraction of sp³-hybridized carbons (Fsp3) is 0.190. The van der Waals surface area contributed by atoms with Crippen molar-refractivity contribution in [2.75, 3.05) is 32.5 Å². The minimum Gasteiger partial charge on any atom is -0.466 e. The first-order valence-corrected chi connectivity index (χ1v) is 10.0.